The highest BCUT2D eigenvalue weighted by Crippen LogP contribution is 2.46. The van der Waals surface area contributed by atoms with Crippen LogP contribution >= 0.6 is 0 Å². The zero-order valence-electron chi connectivity index (χ0n) is 16.6. The first-order valence-electron chi connectivity index (χ1n) is 9.46. The van der Waals surface area contributed by atoms with Crippen LogP contribution in [0.25, 0.3) is 0 Å². The molecular formula is C18H36O6Si. The molecule has 0 radical (unpaired) electrons. The van der Waals surface area contributed by atoms with Gasteiger partial charge < -0.3 is 29.2 Å². The van der Waals surface area contributed by atoms with Crippen LogP contribution in [0.15, 0.2) is 0 Å². The number of aliphatic hydroxyl groups excluding tert-OH is 2. The van der Waals surface area contributed by atoms with E-state index >= 15 is 0 Å². The highest BCUT2D eigenvalue weighted by Gasteiger charge is 2.51. The van der Waals surface area contributed by atoms with E-state index in [1.807, 2.05) is 0 Å². The SMILES string of the molecule is CO[C@H]1O[C@@H]2COC(C[Si](C(C)C)(C(C)C)C(C)C)O[C@H]2[C@H](O)[C@@H]1O. The lowest BCUT2D eigenvalue weighted by Gasteiger charge is -2.49. The molecule has 1 unspecified atom stereocenters. The Morgan fingerprint density at radius 3 is 2.00 bits per heavy atom. The Kier molecular flexibility index (Phi) is 7.09. The molecule has 0 saturated carbocycles. The monoisotopic (exact) mass is 376 g/mol. The second-order valence-corrected chi connectivity index (χ2v) is 14.5. The molecule has 25 heavy (non-hydrogen) atoms. The Bertz CT molecular complexity index is 406. The highest BCUT2D eigenvalue weighted by molar-refractivity contribution is 6.83. The summed E-state index contributed by atoms with van der Waals surface area (Å²) >= 11 is 0. The molecular weight excluding hydrogens is 340 g/mol. The van der Waals surface area contributed by atoms with E-state index in [9.17, 15) is 10.2 Å². The quantitative estimate of drug-likeness (QED) is 0.694. The second-order valence-electron chi connectivity index (χ2n) is 8.40. The number of rotatable bonds is 6. The predicted molar refractivity (Wildman–Crippen MR) is 98.2 cm³/mol. The van der Waals surface area contributed by atoms with Gasteiger partial charge in [-0.25, -0.2) is 0 Å². The molecule has 2 aliphatic heterocycles. The molecule has 2 fully saturated rings. The minimum atomic E-state index is -1.69. The molecule has 2 N–H and O–H groups in total. The number of aliphatic hydroxyl groups is 2. The molecule has 0 amide bonds. The van der Waals surface area contributed by atoms with Crippen LogP contribution in [0.5, 0.6) is 0 Å². The summed E-state index contributed by atoms with van der Waals surface area (Å²) in [7, 11) is -0.244. The van der Waals surface area contributed by atoms with Crippen molar-refractivity contribution in [3.8, 4) is 0 Å². The lowest BCUT2D eigenvalue weighted by atomic mass is 9.98. The lowest BCUT2D eigenvalue weighted by Crippen LogP contribution is -2.63. The van der Waals surface area contributed by atoms with Crippen molar-refractivity contribution in [1.82, 2.24) is 0 Å². The van der Waals surface area contributed by atoms with Gasteiger partial charge in [-0.05, 0) is 6.04 Å². The summed E-state index contributed by atoms with van der Waals surface area (Å²) < 4.78 is 22.8. The third-order valence-electron chi connectivity index (χ3n) is 6.37. The van der Waals surface area contributed by atoms with Crippen molar-refractivity contribution in [2.75, 3.05) is 13.7 Å². The fourth-order valence-corrected chi connectivity index (χ4v) is 11.1. The molecule has 7 heteroatoms. The molecule has 148 valence electrons. The van der Waals surface area contributed by atoms with E-state index < -0.39 is 38.8 Å². The maximum Gasteiger partial charge on any atom is 0.186 e. The Morgan fingerprint density at radius 2 is 1.52 bits per heavy atom. The second kappa shape index (κ2) is 8.33. The number of hydrogen-bond acceptors (Lipinski definition) is 6. The Balaban J connectivity index is 2.13. The van der Waals surface area contributed by atoms with Crippen molar-refractivity contribution in [3.05, 3.63) is 0 Å². The lowest BCUT2D eigenvalue weighted by molar-refractivity contribution is -0.352. The summed E-state index contributed by atoms with van der Waals surface area (Å²) in [6, 6.07) is 0.889. The molecule has 0 aliphatic carbocycles. The van der Waals surface area contributed by atoms with Crippen LogP contribution in [0.1, 0.15) is 41.5 Å². The average molecular weight is 377 g/mol. The summed E-state index contributed by atoms with van der Waals surface area (Å²) in [5.74, 6) is 0. The van der Waals surface area contributed by atoms with Crippen molar-refractivity contribution in [3.63, 3.8) is 0 Å². The molecule has 0 aromatic rings. The van der Waals surface area contributed by atoms with Crippen LogP contribution in [-0.2, 0) is 18.9 Å². The van der Waals surface area contributed by atoms with Crippen LogP contribution in [0.3, 0.4) is 0 Å². The first-order valence-corrected chi connectivity index (χ1v) is 11.9. The standard InChI is InChI=1S/C18H36O6Si/c1-10(2)25(11(3)4,12(5)6)9-14-22-8-13-17(24-14)15(19)16(20)18(21-7)23-13/h10-20H,8-9H2,1-7H3/t13-,14?,15-,16+,17-,18+/m1/s1. The van der Waals surface area contributed by atoms with Gasteiger partial charge in [0.1, 0.15) is 24.4 Å². The predicted octanol–water partition coefficient (Wildman–Crippen LogP) is 2.50. The maximum atomic E-state index is 10.4. The first kappa shape index (κ1) is 21.3. The molecule has 0 spiro atoms. The van der Waals surface area contributed by atoms with Crippen molar-refractivity contribution in [1.29, 1.82) is 0 Å². The third-order valence-corrected chi connectivity index (χ3v) is 13.9. The maximum absolute atomic E-state index is 10.4. The number of methoxy groups -OCH3 is 1. The van der Waals surface area contributed by atoms with E-state index in [-0.39, 0.29) is 6.29 Å². The molecule has 2 heterocycles. The van der Waals surface area contributed by atoms with Crippen molar-refractivity contribution >= 4 is 8.07 Å². The van der Waals surface area contributed by atoms with E-state index in [0.717, 1.165) is 6.04 Å². The molecule has 6 atom stereocenters. The smallest absolute Gasteiger partial charge is 0.186 e. The zero-order valence-corrected chi connectivity index (χ0v) is 17.6. The van der Waals surface area contributed by atoms with Gasteiger partial charge in [0.2, 0.25) is 0 Å². The van der Waals surface area contributed by atoms with Crippen LogP contribution in [-0.4, -0.2) is 69.0 Å². The third kappa shape index (κ3) is 3.97. The van der Waals surface area contributed by atoms with Crippen molar-refractivity contribution < 1.29 is 29.2 Å². The zero-order chi connectivity index (χ0) is 18.9. The summed E-state index contributed by atoms with van der Waals surface area (Å²) in [5.41, 5.74) is 1.82. The topological polar surface area (TPSA) is 77.4 Å². The van der Waals surface area contributed by atoms with Crippen LogP contribution in [0.2, 0.25) is 22.7 Å². The van der Waals surface area contributed by atoms with Gasteiger partial charge in [-0.2, -0.15) is 0 Å². The molecule has 0 bridgehead atoms. The fourth-order valence-electron chi connectivity index (χ4n) is 4.92. The Morgan fingerprint density at radius 1 is 0.960 bits per heavy atom. The number of ether oxygens (including phenoxy) is 4. The van der Waals surface area contributed by atoms with Gasteiger partial charge in [0.15, 0.2) is 12.6 Å². The molecule has 2 saturated heterocycles. The minimum absolute atomic E-state index is 0.345. The largest absolute Gasteiger partial charge is 0.387 e. The molecule has 0 aromatic heterocycles. The summed E-state index contributed by atoms with van der Waals surface area (Å²) in [6.45, 7) is 14.2. The van der Waals surface area contributed by atoms with Gasteiger partial charge in [0.25, 0.3) is 0 Å². The molecule has 6 nitrogen and oxygen atoms in total. The minimum Gasteiger partial charge on any atom is -0.387 e. The van der Waals surface area contributed by atoms with Gasteiger partial charge in [0, 0.05) is 7.11 Å². The van der Waals surface area contributed by atoms with Crippen LogP contribution < -0.4 is 0 Å². The Hall–Kier alpha value is -0.0231. The van der Waals surface area contributed by atoms with Gasteiger partial charge >= 0.3 is 0 Å². The number of fused-ring (bicyclic) bond motifs is 1. The van der Waals surface area contributed by atoms with Crippen molar-refractivity contribution in [2.24, 2.45) is 0 Å². The van der Waals surface area contributed by atoms with E-state index in [0.29, 0.717) is 23.2 Å². The molecule has 2 aliphatic rings. The Labute approximate surface area is 152 Å². The molecule has 2 rings (SSSR count). The number of hydrogen-bond donors (Lipinski definition) is 2. The van der Waals surface area contributed by atoms with E-state index in [4.69, 9.17) is 18.9 Å². The summed E-state index contributed by atoms with van der Waals surface area (Å²) in [6.07, 6.45) is -4.37. The van der Waals surface area contributed by atoms with Crippen molar-refractivity contribution in [2.45, 2.75) is 101 Å². The average Bonchev–Trinajstić information content (AvgIpc) is 2.55. The fraction of sp³-hybridized carbons (Fsp3) is 1.00. The van der Waals surface area contributed by atoms with Gasteiger partial charge in [-0.3, -0.25) is 0 Å². The first-order chi connectivity index (χ1) is 11.6. The normalized spacial score (nSPS) is 37.0. The van der Waals surface area contributed by atoms with Crippen LogP contribution in [0, 0.1) is 0 Å². The highest BCUT2D eigenvalue weighted by atomic mass is 28.3. The van der Waals surface area contributed by atoms with E-state index in [2.05, 4.69) is 41.5 Å². The van der Waals surface area contributed by atoms with Gasteiger partial charge in [0.05, 0.1) is 14.7 Å². The summed E-state index contributed by atoms with van der Waals surface area (Å²) in [4.78, 5) is 0. The van der Waals surface area contributed by atoms with Gasteiger partial charge in [-0.1, -0.05) is 58.2 Å². The summed E-state index contributed by atoms with van der Waals surface area (Å²) in [5, 5.41) is 20.6. The van der Waals surface area contributed by atoms with Crippen LogP contribution in [0.4, 0.5) is 0 Å². The van der Waals surface area contributed by atoms with E-state index in [1.165, 1.54) is 7.11 Å². The van der Waals surface area contributed by atoms with E-state index in [1.54, 1.807) is 0 Å². The van der Waals surface area contributed by atoms with Gasteiger partial charge in [-0.15, -0.1) is 0 Å². The molecule has 0 aromatic carbocycles.